The highest BCUT2D eigenvalue weighted by atomic mass is 79.9. The molecule has 29 heavy (non-hydrogen) atoms. The molecule has 5 heteroatoms. The van der Waals surface area contributed by atoms with Crippen molar-refractivity contribution in [3.8, 4) is 0 Å². The second-order valence-electron chi connectivity index (χ2n) is 6.99. The summed E-state index contributed by atoms with van der Waals surface area (Å²) in [6.07, 6.45) is 1.09. The number of para-hydroxylation sites is 2. The third kappa shape index (κ3) is 4.93. The van der Waals surface area contributed by atoms with Crippen LogP contribution in [0.3, 0.4) is 0 Å². The summed E-state index contributed by atoms with van der Waals surface area (Å²) >= 11 is 3.49. The Balaban J connectivity index is 1.46. The van der Waals surface area contributed by atoms with E-state index in [-0.39, 0.29) is 5.91 Å². The molecule has 0 aliphatic heterocycles. The molecule has 1 amide bonds. The Kier molecular flexibility index (Phi) is 6.06. The van der Waals surface area contributed by atoms with Crippen molar-refractivity contribution in [3.05, 3.63) is 100 Å². The summed E-state index contributed by atoms with van der Waals surface area (Å²) in [6, 6.07) is 26.3. The molecule has 1 heterocycles. The van der Waals surface area contributed by atoms with E-state index in [1.165, 1.54) is 5.56 Å². The Morgan fingerprint density at radius 1 is 0.897 bits per heavy atom. The number of rotatable bonds is 7. The number of benzene rings is 3. The summed E-state index contributed by atoms with van der Waals surface area (Å²) in [4.78, 5) is 17.0. The van der Waals surface area contributed by atoms with Crippen LogP contribution >= 0.6 is 15.9 Å². The Morgan fingerprint density at radius 2 is 1.62 bits per heavy atom. The van der Waals surface area contributed by atoms with Gasteiger partial charge in [-0.05, 0) is 35.4 Å². The highest BCUT2D eigenvalue weighted by Crippen LogP contribution is 2.19. The number of nitrogens with zero attached hydrogens (tertiary/aromatic N) is 2. The van der Waals surface area contributed by atoms with Crippen LogP contribution in [0.15, 0.2) is 83.3 Å². The lowest BCUT2D eigenvalue weighted by Gasteiger charge is -2.10. The Bertz CT molecular complexity index is 1100. The molecule has 1 N–H and O–H groups in total. The van der Waals surface area contributed by atoms with E-state index in [4.69, 9.17) is 4.98 Å². The number of amides is 1. The van der Waals surface area contributed by atoms with E-state index in [2.05, 4.69) is 56.1 Å². The number of carbonyl (C=O) groups is 1. The molecule has 4 aromatic rings. The third-order valence-electron chi connectivity index (χ3n) is 4.87. The number of carbonyl (C=O) groups excluding carboxylic acids is 1. The molecule has 0 unspecified atom stereocenters. The second-order valence-corrected chi connectivity index (χ2v) is 7.91. The van der Waals surface area contributed by atoms with Gasteiger partial charge in [0.05, 0.1) is 17.5 Å². The molecular formula is C24H22BrN3O. The second kappa shape index (κ2) is 9.05. The first-order chi connectivity index (χ1) is 14.2. The number of halogens is 1. The molecule has 0 atom stereocenters. The van der Waals surface area contributed by atoms with Crippen molar-refractivity contribution < 1.29 is 4.79 Å². The molecule has 4 rings (SSSR count). The topological polar surface area (TPSA) is 46.9 Å². The third-order valence-corrected chi connectivity index (χ3v) is 5.39. The van der Waals surface area contributed by atoms with E-state index < -0.39 is 0 Å². The van der Waals surface area contributed by atoms with Crippen LogP contribution in [0.2, 0.25) is 0 Å². The van der Waals surface area contributed by atoms with Gasteiger partial charge in [0.25, 0.3) is 0 Å². The van der Waals surface area contributed by atoms with Gasteiger partial charge in [0, 0.05) is 24.0 Å². The van der Waals surface area contributed by atoms with Gasteiger partial charge in [-0.1, -0.05) is 70.5 Å². The molecule has 4 nitrogen and oxygen atoms in total. The van der Waals surface area contributed by atoms with Gasteiger partial charge in [-0.15, -0.1) is 0 Å². The zero-order valence-electron chi connectivity index (χ0n) is 16.0. The monoisotopic (exact) mass is 447 g/mol. The standard InChI is InChI=1S/C24H22BrN3O/c25-20-12-10-19(11-13-20)17-28-22-9-5-4-8-21(22)27-23(28)14-15-26-24(29)16-18-6-2-1-3-7-18/h1-13H,14-17H2,(H,26,29). The average molecular weight is 448 g/mol. The fourth-order valence-corrected chi connectivity index (χ4v) is 3.69. The summed E-state index contributed by atoms with van der Waals surface area (Å²) in [6.45, 7) is 1.32. The van der Waals surface area contributed by atoms with Crippen molar-refractivity contribution >= 4 is 32.9 Å². The Hall–Kier alpha value is -2.92. The molecule has 0 aliphatic carbocycles. The van der Waals surface area contributed by atoms with Crippen molar-refractivity contribution in [2.24, 2.45) is 0 Å². The predicted molar refractivity (Wildman–Crippen MR) is 120 cm³/mol. The van der Waals surface area contributed by atoms with Gasteiger partial charge in [-0.25, -0.2) is 4.98 Å². The largest absolute Gasteiger partial charge is 0.355 e. The average Bonchev–Trinajstić information content (AvgIpc) is 3.08. The number of fused-ring (bicyclic) bond motifs is 1. The molecule has 0 bridgehead atoms. The van der Waals surface area contributed by atoms with Crippen LogP contribution < -0.4 is 5.32 Å². The molecule has 1 aromatic heterocycles. The SMILES string of the molecule is O=C(Cc1ccccc1)NCCc1nc2ccccc2n1Cc1ccc(Br)cc1. The first-order valence-corrected chi connectivity index (χ1v) is 10.5. The predicted octanol–water partition coefficient (Wildman–Crippen LogP) is 4.75. The van der Waals surface area contributed by atoms with E-state index >= 15 is 0 Å². The van der Waals surface area contributed by atoms with Gasteiger partial charge in [0.1, 0.15) is 5.82 Å². The maximum absolute atomic E-state index is 12.2. The molecule has 146 valence electrons. The summed E-state index contributed by atoms with van der Waals surface area (Å²) < 4.78 is 3.31. The fraction of sp³-hybridized carbons (Fsp3) is 0.167. The van der Waals surface area contributed by atoms with Crippen molar-refractivity contribution in [1.82, 2.24) is 14.9 Å². The highest BCUT2D eigenvalue weighted by Gasteiger charge is 2.11. The number of hydrogen-bond donors (Lipinski definition) is 1. The molecule has 0 aliphatic rings. The van der Waals surface area contributed by atoms with Gasteiger partial charge >= 0.3 is 0 Å². The maximum atomic E-state index is 12.2. The van der Waals surface area contributed by atoms with Crippen LogP contribution in [0.1, 0.15) is 17.0 Å². The number of nitrogens with one attached hydrogen (secondary N) is 1. The lowest BCUT2D eigenvalue weighted by atomic mass is 10.1. The van der Waals surface area contributed by atoms with Crippen LogP contribution in [0.25, 0.3) is 11.0 Å². The van der Waals surface area contributed by atoms with Gasteiger partial charge in [0.2, 0.25) is 5.91 Å². The lowest BCUT2D eigenvalue weighted by Crippen LogP contribution is -2.28. The van der Waals surface area contributed by atoms with Gasteiger partial charge in [-0.3, -0.25) is 4.79 Å². The Morgan fingerprint density at radius 3 is 2.41 bits per heavy atom. The van der Waals surface area contributed by atoms with Crippen molar-refractivity contribution in [3.63, 3.8) is 0 Å². The van der Waals surface area contributed by atoms with Crippen molar-refractivity contribution in [1.29, 1.82) is 0 Å². The zero-order valence-corrected chi connectivity index (χ0v) is 17.6. The summed E-state index contributed by atoms with van der Waals surface area (Å²) in [5.41, 5.74) is 4.33. The quantitative estimate of drug-likeness (QED) is 0.444. The molecule has 0 fully saturated rings. The van der Waals surface area contributed by atoms with E-state index in [1.54, 1.807) is 0 Å². The minimum atomic E-state index is 0.0340. The minimum Gasteiger partial charge on any atom is -0.355 e. The lowest BCUT2D eigenvalue weighted by molar-refractivity contribution is -0.120. The normalized spacial score (nSPS) is 10.9. The first-order valence-electron chi connectivity index (χ1n) is 9.68. The molecule has 0 radical (unpaired) electrons. The fourth-order valence-electron chi connectivity index (χ4n) is 3.42. The molecule has 0 saturated carbocycles. The van der Waals surface area contributed by atoms with Crippen molar-refractivity contribution in [2.45, 2.75) is 19.4 Å². The number of aromatic nitrogens is 2. The van der Waals surface area contributed by atoms with Crippen LogP contribution in [-0.2, 0) is 24.2 Å². The zero-order chi connectivity index (χ0) is 20.1. The minimum absolute atomic E-state index is 0.0340. The van der Waals surface area contributed by atoms with E-state index in [1.807, 2.05) is 48.5 Å². The summed E-state index contributed by atoms with van der Waals surface area (Å²) in [5.74, 6) is 1.01. The molecule has 3 aromatic carbocycles. The summed E-state index contributed by atoms with van der Waals surface area (Å²) in [5, 5.41) is 3.02. The maximum Gasteiger partial charge on any atom is 0.224 e. The summed E-state index contributed by atoms with van der Waals surface area (Å²) in [7, 11) is 0. The molecule has 0 spiro atoms. The van der Waals surface area contributed by atoms with Crippen LogP contribution in [-0.4, -0.2) is 22.0 Å². The van der Waals surface area contributed by atoms with Crippen LogP contribution in [0.4, 0.5) is 0 Å². The van der Waals surface area contributed by atoms with Gasteiger partial charge in [0.15, 0.2) is 0 Å². The van der Waals surface area contributed by atoms with E-state index in [9.17, 15) is 4.79 Å². The number of imidazole rings is 1. The first kappa shape index (κ1) is 19.4. The molecular weight excluding hydrogens is 426 g/mol. The van der Waals surface area contributed by atoms with Gasteiger partial charge < -0.3 is 9.88 Å². The van der Waals surface area contributed by atoms with Crippen molar-refractivity contribution in [2.75, 3.05) is 6.54 Å². The van der Waals surface area contributed by atoms with E-state index in [0.29, 0.717) is 19.4 Å². The smallest absolute Gasteiger partial charge is 0.224 e. The van der Waals surface area contributed by atoms with E-state index in [0.717, 1.165) is 33.4 Å². The number of hydrogen-bond acceptors (Lipinski definition) is 2. The highest BCUT2D eigenvalue weighted by molar-refractivity contribution is 9.10. The van der Waals surface area contributed by atoms with Gasteiger partial charge in [-0.2, -0.15) is 0 Å². The molecule has 0 saturated heterocycles. The van der Waals surface area contributed by atoms with Crippen LogP contribution in [0, 0.1) is 0 Å². The van der Waals surface area contributed by atoms with Crippen LogP contribution in [0.5, 0.6) is 0 Å². The Labute approximate surface area is 178 Å².